The second kappa shape index (κ2) is 7.33. The van der Waals surface area contributed by atoms with E-state index in [1.165, 1.54) is 0 Å². The van der Waals surface area contributed by atoms with E-state index in [1.54, 1.807) is 24.3 Å². The number of thiocarbonyl (C=S) groups is 1. The second-order valence-corrected chi connectivity index (χ2v) is 5.08. The van der Waals surface area contributed by atoms with Crippen molar-refractivity contribution in [1.82, 2.24) is 0 Å². The number of hydrogen-bond acceptors (Lipinski definition) is 4. The van der Waals surface area contributed by atoms with Crippen molar-refractivity contribution in [2.24, 2.45) is 5.73 Å². The van der Waals surface area contributed by atoms with Crippen molar-refractivity contribution in [2.75, 3.05) is 25.1 Å². The van der Waals surface area contributed by atoms with Gasteiger partial charge in [0.25, 0.3) is 0 Å². The number of anilines is 1. The zero-order valence-electron chi connectivity index (χ0n) is 11.1. The van der Waals surface area contributed by atoms with Gasteiger partial charge in [-0.25, -0.2) is 0 Å². The van der Waals surface area contributed by atoms with Crippen molar-refractivity contribution in [3.05, 3.63) is 29.8 Å². The Bertz CT molecular complexity index is 470. The molecule has 0 bridgehead atoms. The molecule has 1 aliphatic rings. The molecule has 1 atom stereocenters. The molecule has 0 spiro atoms. The predicted octanol–water partition coefficient (Wildman–Crippen LogP) is 1.45. The average Bonchev–Trinajstić information content (AvgIpc) is 2.92. The van der Waals surface area contributed by atoms with Gasteiger partial charge in [-0.15, -0.1) is 0 Å². The molecule has 0 radical (unpaired) electrons. The van der Waals surface area contributed by atoms with Crippen LogP contribution >= 0.6 is 12.2 Å². The molecular weight excluding hydrogens is 276 g/mol. The van der Waals surface area contributed by atoms with E-state index in [-0.39, 0.29) is 18.6 Å². The van der Waals surface area contributed by atoms with Crippen LogP contribution in [0.3, 0.4) is 0 Å². The van der Waals surface area contributed by atoms with Crippen LogP contribution in [-0.2, 0) is 14.3 Å². The van der Waals surface area contributed by atoms with E-state index in [1.807, 2.05) is 0 Å². The van der Waals surface area contributed by atoms with E-state index in [0.717, 1.165) is 25.0 Å². The number of carbonyl (C=O) groups is 1. The quantitative estimate of drug-likeness (QED) is 0.777. The fraction of sp³-hybridized carbons (Fsp3) is 0.429. The minimum atomic E-state index is -0.189. The third-order valence-electron chi connectivity index (χ3n) is 3.01. The lowest BCUT2D eigenvalue weighted by atomic mass is 10.2. The molecule has 6 heteroatoms. The van der Waals surface area contributed by atoms with Gasteiger partial charge >= 0.3 is 0 Å². The van der Waals surface area contributed by atoms with Crippen molar-refractivity contribution in [1.29, 1.82) is 0 Å². The molecule has 2 rings (SSSR count). The summed E-state index contributed by atoms with van der Waals surface area (Å²) in [5.41, 5.74) is 6.96. The maximum atomic E-state index is 11.7. The number of carbonyl (C=O) groups excluding carboxylic acids is 1. The fourth-order valence-electron chi connectivity index (χ4n) is 1.97. The second-order valence-electron chi connectivity index (χ2n) is 4.64. The molecule has 1 unspecified atom stereocenters. The molecule has 1 fully saturated rings. The van der Waals surface area contributed by atoms with Gasteiger partial charge < -0.3 is 20.5 Å². The standard InChI is InChI=1S/C14H18N2O3S/c15-14(20)10-3-5-11(6-4-10)16-13(17)9-18-8-12-2-1-7-19-12/h3-6,12H,1-2,7-9H2,(H2,15,20)(H,16,17). The smallest absolute Gasteiger partial charge is 0.250 e. The Labute approximate surface area is 123 Å². The van der Waals surface area contributed by atoms with Gasteiger partial charge in [0.1, 0.15) is 11.6 Å². The number of nitrogens with one attached hydrogen (secondary N) is 1. The van der Waals surface area contributed by atoms with Gasteiger partial charge in [0.15, 0.2) is 0 Å². The molecule has 0 saturated carbocycles. The van der Waals surface area contributed by atoms with Crippen LogP contribution in [0.2, 0.25) is 0 Å². The van der Waals surface area contributed by atoms with Crippen LogP contribution in [0.15, 0.2) is 24.3 Å². The first-order valence-electron chi connectivity index (χ1n) is 6.54. The monoisotopic (exact) mass is 294 g/mol. The highest BCUT2D eigenvalue weighted by Crippen LogP contribution is 2.12. The van der Waals surface area contributed by atoms with Gasteiger partial charge in [0, 0.05) is 17.9 Å². The highest BCUT2D eigenvalue weighted by atomic mass is 32.1. The Morgan fingerprint density at radius 1 is 1.45 bits per heavy atom. The van der Waals surface area contributed by atoms with Crippen LogP contribution in [0.4, 0.5) is 5.69 Å². The highest BCUT2D eigenvalue weighted by Gasteiger charge is 2.15. The Balaban J connectivity index is 1.71. The number of hydrogen-bond donors (Lipinski definition) is 2. The lowest BCUT2D eigenvalue weighted by Crippen LogP contribution is -2.22. The van der Waals surface area contributed by atoms with Crippen LogP contribution in [0.25, 0.3) is 0 Å². The van der Waals surface area contributed by atoms with Crippen molar-refractivity contribution in [3.63, 3.8) is 0 Å². The fourth-order valence-corrected chi connectivity index (χ4v) is 2.11. The molecular formula is C14H18N2O3S. The first kappa shape index (κ1) is 14.9. The average molecular weight is 294 g/mol. The normalized spacial score (nSPS) is 17.9. The number of ether oxygens (including phenoxy) is 2. The maximum absolute atomic E-state index is 11.7. The largest absolute Gasteiger partial charge is 0.389 e. The highest BCUT2D eigenvalue weighted by molar-refractivity contribution is 7.80. The molecule has 1 aliphatic heterocycles. The van der Waals surface area contributed by atoms with Gasteiger partial charge in [-0.05, 0) is 37.1 Å². The number of amides is 1. The van der Waals surface area contributed by atoms with Crippen LogP contribution in [-0.4, -0.2) is 36.8 Å². The van der Waals surface area contributed by atoms with Gasteiger partial charge in [0.2, 0.25) is 5.91 Å². The van der Waals surface area contributed by atoms with Crippen molar-refractivity contribution >= 4 is 28.8 Å². The van der Waals surface area contributed by atoms with E-state index in [4.69, 9.17) is 27.4 Å². The van der Waals surface area contributed by atoms with Gasteiger partial charge in [0.05, 0.1) is 12.7 Å². The summed E-state index contributed by atoms with van der Waals surface area (Å²) < 4.78 is 10.7. The van der Waals surface area contributed by atoms with Gasteiger partial charge in [-0.2, -0.15) is 0 Å². The summed E-state index contributed by atoms with van der Waals surface area (Å²) >= 11 is 4.86. The number of rotatable bonds is 6. The first-order valence-corrected chi connectivity index (χ1v) is 6.95. The summed E-state index contributed by atoms with van der Waals surface area (Å²) in [7, 11) is 0. The van der Waals surface area contributed by atoms with E-state index in [0.29, 0.717) is 17.3 Å². The topological polar surface area (TPSA) is 73.6 Å². The third kappa shape index (κ3) is 4.56. The predicted molar refractivity (Wildman–Crippen MR) is 80.8 cm³/mol. The van der Waals surface area contributed by atoms with E-state index < -0.39 is 0 Å². The third-order valence-corrected chi connectivity index (χ3v) is 3.25. The minimum Gasteiger partial charge on any atom is -0.389 e. The van der Waals surface area contributed by atoms with Crippen molar-refractivity contribution in [3.8, 4) is 0 Å². The minimum absolute atomic E-state index is 0.0247. The first-order chi connectivity index (χ1) is 9.65. The summed E-state index contributed by atoms with van der Waals surface area (Å²) in [5.74, 6) is -0.189. The summed E-state index contributed by atoms with van der Waals surface area (Å²) in [6.07, 6.45) is 2.20. The van der Waals surface area contributed by atoms with E-state index in [2.05, 4.69) is 5.32 Å². The van der Waals surface area contributed by atoms with Crippen LogP contribution in [0.5, 0.6) is 0 Å². The summed E-state index contributed by atoms with van der Waals surface area (Å²) in [6.45, 7) is 1.28. The lowest BCUT2D eigenvalue weighted by Gasteiger charge is -2.10. The molecule has 3 N–H and O–H groups in total. The number of nitrogens with two attached hydrogens (primary N) is 1. The van der Waals surface area contributed by atoms with Crippen LogP contribution in [0, 0.1) is 0 Å². The number of benzene rings is 1. The molecule has 1 aromatic carbocycles. The molecule has 1 saturated heterocycles. The summed E-state index contributed by atoms with van der Waals surface area (Å²) in [5, 5.41) is 2.74. The Kier molecular flexibility index (Phi) is 5.46. The molecule has 5 nitrogen and oxygen atoms in total. The molecule has 1 heterocycles. The molecule has 1 aromatic rings. The molecule has 0 aliphatic carbocycles. The van der Waals surface area contributed by atoms with Crippen molar-refractivity contribution in [2.45, 2.75) is 18.9 Å². The molecule has 0 aromatic heterocycles. The van der Waals surface area contributed by atoms with E-state index in [9.17, 15) is 4.79 Å². The lowest BCUT2D eigenvalue weighted by molar-refractivity contribution is -0.121. The van der Waals surface area contributed by atoms with Crippen molar-refractivity contribution < 1.29 is 14.3 Å². The Hall–Kier alpha value is -1.50. The Morgan fingerprint density at radius 3 is 2.80 bits per heavy atom. The molecule has 108 valence electrons. The maximum Gasteiger partial charge on any atom is 0.250 e. The molecule has 20 heavy (non-hydrogen) atoms. The van der Waals surface area contributed by atoms with Gasteiger partial charge in [-0.1, -0.05) is 12.2 Å². The molecule has 1 amide bonds. The Morgan fingerprint density at radius 2 is 2.20 bits per heavy atom. The summed E-state index contributed by atoms with van der Waals surface area (Å²) in [4.78, 5) is 12.0. The van der Waals surface area contributed by atoms with Crippen LogP contribution < -0.4 is 11.1 Å². The van der Waals surface area contributed by atoms with Crippen LogP contribution in [0.1, 0.15) is 18.4 Å². The summed E-state index contributed by atoms with van der Waals surface area (Å²) in [6, 6.07) is 7.05. The van der Waals surface area contributed by atoms with Gasteiger partial charge in [-0.3, -0.25) is 4.79 Å². The SMILES string of the molecule is NC(=S)c1ccc(NC(=O)COCC2CCCO2)cc1. The van der Waals surface area contributed by atoms with E-state index >= 15 is 0 Å². The zero-order chi connectivity index (χ0) is 14.4. The zero-order valence-corrected chi connectivity index (χ0v) is 11.9.